The van der Waals surface area contributed by atoms with E-state index in [9.17, 15) is 13.5 Å². The topological polar surface area (TPSA) is 102 Å². The summed E-state index contributed by atoms with van der Waals surface area (Å²) in [5.41, 5.74) is 6.26. The van der Waals surface area contributed by atoms with Gasteiger partial charge in [0.2, 0.25) is 15.9 Å². The minimum absolute atomic E-state index is 0.0523. The van der Waals surface area contributed by atoms with Crippen molar-refractivity contribution in [1.82, 2.24) is 14.3 Å². The Kier molecular flexibility index (Phi) is 6.77. The van der Waals surface area contributed by atoms with Crippen LogP contribution in [0.2, 0.25) is 0 Å². The van der Waals surface area contributed by atoms with Gasteiger partial charge in [-0.15, -0.1) is 0 Å². The highest BCUT2D eigenvalue weighted by molar-refractivity contribution is 7.92. The van der Waals surface area contributed by atoms with Crippen LogP contribution in [0.3, 0.4) is 0 Å². The van der Waals surface area contributed by atoms with Crippen molar-refractivity contribution in [2.24, 2.45) is 12.0 Å². The van der Waals surface area contributed by atoms with E-state index in [2.05, 4.69) is 47.4 Å². The molecule has 0 fully saturated rings. The van der Waals surface area contributed by atoms with Crippen molar-refractivity contribution in [3.05, 3.63) is 70.0 Å². The van der Waals surface area contributed by atoms with Gasteiger partial charge in [0.25, 0.3) is 0 Å². The summed E-state index contributed by atoms with van der Waals surface area (Å²) in [7, 11) is -1.73. The number of benzene rings is 2. The number of nitrogens with zero attached hydrogens (tertiary/aromatic N) is 4. The smallest absolute Gasteiger partial charge is 0.235 e. The molecule has 8 nitrogen and oxygen atoms in total. The number of aliphatic imine (C=N–C) groups is 1. The third-order valence-corrected chi connectivity index (χ3v) is 7.80. The summed E-state index contributed by atoms with van der Waals surface area (Å²) < 4.78 is 31.4. The fourth-order valence-electron chi connectivity index (χ4n) is 4.33. The average molecular weight is 506 g/mol. The largest absolute Gasteiger partial charge is 0.492 e. The maximum absolute atomic E-state index is 12.5. The number of hydrogen-bond acceptors (Lipinski definition) is 5. The van der Waals surface area contributed by atoms with Crippen molar-refractivity contribution in [1.29, 1.82) is 0 Å². The van der Waals surface area contributed by atoms with E-state index in [1.807, 2.05) is 23.0 Å². The predicted molar refractivity (Wildman–Crippen MR) is 147 cm³/mol. The first-order valence-corrected chi connectivity index (χ1v) is 13.3. The van der Waals surface area contributed by atoms with Gasteiger partial charge in [0.05, 0.1) is 29.7 Å². The Bertz CT molecular complexity index is 1710. The Morgan fingerprint density at radius 1 is 1.28 bits per heavy atom. The van der Waals surface area contributed by atoms with E-state index in [1.54, 1.807) is 37.7 Å². The molecule has 0 aliphatic heterocycles. The van der Waals surface area contributed by atoms with Crippen molar-refractivity contribution in [3.8, 4) is 11.1 Å². The second kappa shape index (κ2) is 9.66. The highest BCUT2D eigenvalue weighted by Crippen LogP contribution is 2.31. The minimum atomic E-state index is -3.53. The van der Waals surface area contributed by atoms with Gasteiger partial charge in [0.15, 0.2) is 0 Å². The predicted octanol–water partition coefficient (Wildman–Crippen LogP) is 3.59. The van der Waals surface area contributed by atoms with Gasteiger partial charge in [-0.05, 0) is 62.1 Å². The molecule has 0 bridgehead atoms. The molecule has 0 atom stereocenters. The molecule has 4 aromatic rings. The molecular weight excluding hydrogens is 474 g/mol. The molecule has 0 amide bonds. The lowest BCUT2D eigenvalue weighted by molar-refractivity contribution is 0.488. The van der Waals surface area contributed by atoms with Crippen LogP contribution >= 0.6 is 0 Å². The lowest BCUT2D eigenvalue weighted by atomic mass is 10.0. The molecule has 2 heterocycles. The monoisotopic (exact) mass is 505 g/mol. The van der Waals surface area contributed by atoms with Gasteiger partial charge in [-0.25, -0.2) is 13.4 Å². The third-order valence-electron chi connectivity index (χ3n) is 6.51. The molecule has 0 spiro atoms. The molecule has 9 heteroatoms. The molecule has 36 heavy (non-hydrogen) atoms. The highest BCUT2D eigenvalue weighted by atomic mass is 32.2. The summed E-state index contributed by atoms with van der Waals surface area (Å²) in [4.78, 5) is 4.00. The number of anilines is 1. The van der Waals surface area contributed by atoms with Crippen LogP contribution < -0.4 is 15.3 Å². The zero-order valence-corrected chi connectivity index (χ0v) is 22.0. The third kappa shape index (κ3) is 4.66. The van der Waals surface area contributed by atoms with Crippen LogP contribution in [0.5, 0.6) is 0 Å². The molecular formula is C27H31N5O3S. The summed E-state index contributed by atoms with van der Waals surface area (Å²) in [5, 5.41) is 16.8. The van der Waals surface area contributed by atoms with Crippen LogP contribution in [0.25, 0.3) is 34.5 Å². The maximum Gasteiger partial charge on any atom is 0.235 e. The lowest BCUT2D eigenvalue weighted by Crippen LogP contribution is -2.29. The van der Waals surface area contributed by atoms with Gasteiger partial charge < -0.3 is 9.67 Å². The summed E-state index contributed by atoms with van der Waals surface area (Å²) in [5.74, 6) is -0.187. The van der Waals surface area contributed by atoms with E-state index in [-0.39, 0.29) is 11.6 Å². The number of aliphatic hydroxyl groups excluding tert-OH is 1. The Labute approximate surface area is 211 Å². The Hall–Kier alpha value is -3.85. The van der Waals surface area contributed by atoms with E-state index in [1.165, 1.54) is 17.3 Å². The number of hydrogen-bond donors (Lipinski definition) is 2. The Morgan fingerprint density at radius 3 is 2.72 bits per heavy atom. The average Bonchev–Trinajstić information content (AvgIpc) is 3.36. The van der Waals surface area contributed by atoms with Crippen LogP contribution in [0.4, 0.5) is 5.69 Å². The Balaban J connectivity index is 1.97. The van der Waals surface area contributed by atoms with Gasteiger partial charge in [-0.1, -0.05) is 24.8 Å². The molecule has 0 aliphatic carbocycles. The molecule has 0 saturated heterocycles. The van der Waals surface area contributed by atoms with Gasteiger partial charge in [-0.3, -0.25) is 9.40 Å². The zero-order valence-electron chi connectivity index (χ0n) is 21.2. The summed E-state index contributed by atoms with van der Waals surface area (Å²) >= 11 is 0. The van der Waals surface area contributed by atoms with Crippen LogP contribution in [0.1, 0.15) is 30.5 Å². The molecule has 0 radical (unpaired) electrons. The number of aryl methyl sites for hydroxylation is 2. The molecule has 0 unspecified atom stereocenters. The molecule has 0 saturated carbocycles. The Morgan fingerprint density at radius 2 is 2.03 bits per heavy atom. The van der Waals surface area contributed by atoms with E-state index < -0.39 is 10.0 Å². The highest BCUT2D eigenvalue weighted by Gasteiger charge is 2.17. The first-order valence-electron chi connectivity index (χ1n) is 11.7. The van der Waals surface area contributed by atoms with Gasteiger partial charge >= 0.3 is 0 Å². The van der Waals surface area contributed by atoms with Gasteiger partial charge in [-0.2, -0.15) is 5.10 Å². The van der Waals surface area contributed by atoms with E-state index in [0.717, 1.165) is 22.2 Å². The number of sulfonamides is 1. The summed E-state index contributed by atoms with van der Waals surface area (Å²) in [6.45, 7) is 12.2. The standard InChI is InChI=1S/C27H31N5O3S/c1-7-28-27(33)26-19(5)23(16-31(26)6)21-12-24(30-36(34,35)8-2)22-14-29-32(25(22)13-21)15-20-11-9-10-17(3)18(20)4/h7,9-14,16,30,33H,5,8,15H2,1-4,6H3/b27-26-,28-7?. The van der Waals surface area contributed by atoms with Gasteiger partial charge in [0, 0.05) is 35.6 Å². The maximum atomic E-state index is 12.5. The van der Waals surface area contributed by atoms with Crippen molar-refractivity contribution in [2.75, 3.05) is 10.5 Å². The fourth-order valence-corrected chi connectivity index (χ4v) is 4.98. The zero-order chi connectivity index (χ0) is 26.2. The van der Waals surface area contributed by atoms with Crippen molar-refractivity contribution in [3.63, 3.8) is 0 Å². The lowest BCUT2D eigenvalue weighted by Gasteiger charge is -2.12. The number of rotatable bonds is 7. The number of fused-ring (bicyclic) bond motifs is 1. The molecule has 188 valence electrons. The van der Waals surface area contributed by atoms with E-state index >= 15 is 0 Å². The van der Waals surface area contributed by atoms with E-state index in [0.29, 0.717) is 28.2 Å². The molecule has 2 aromatic carbocycles. The minimum Gasteiger partial charge on any atom is -0.492 e. The second-order valence-corrected chi connectivity index (χ2v) is 10.8. The molecule has 2 N–H and O–H groups in total. The molecule has 0 aliphatic rings. The normalized spacial score (nSPS) is 13.0. The van der Waals surface area contributed by atoms with Crippen LogP contribution in [0, 0.1) is 13.8 Å². The first kappa shape index (κ1) is 25.2. The van der Waals surface area contributed by atoms with Crippen LogP contribution in [0.15, 0.2) is 47.7 Å². The summed E-state index contributed by atoms with van der Waals surface area (Å²) in [6.07, 6.45) is 5.05. The SMILES string of the molecule is C=c1c(-c2cc(NS(=O)(=O)CC)c3cnn(Cc4cccc(C)c4C)c3c2)cn(C)/c1=C(\O)N=CC. The number of aromatic nitrogens is 3. The van der Waals surface area contributed by atoms with Crippen LogP contribution in [-0.2, 0) is 23.6 Å². The molecule has 2 aromatic heterocycles. The van der Waals surface area contributed by atoms with Gasteiger partial charge in [0.1, 0.15) is 5.35 Å². The number of aliphatic hydroxyl groups is 1. The summed E-state index contributed by atoms with van der Waals surface area (Å²) in [6, 6.07) is 9.94. The van der Waals surface area contributed by atoms with Crippen molar-refractivity contribution < 1.29 is 13.5 Å². The molecule has 4 rings (SSSR count). The number of nitrogens with one attached hydrogen (secondary N) is 1. The second-order valence-electron chi connectivity index (χ2n) is 8.82. The fraction of sp³-hybridized carbons (Fsp3) is 0.259. The first-order chi connectivity index (χ1) is 17.1. The van der Waals surface area contributed by atoms with Crippen molar-refractivity contribution in [2.45, 2.75) is 34.2 Å². The van der Waals surface area contributed by atoms with Crippen molar-refractivity contribution >= 4 is 45.3 Å². The van der Waals surface area contributed by atoms with E-state index in [4.69, 9.17) is 0 Å². The van der Waals surface area contributed by atoms with Crippen LogP contribution in [-0.4, -0.2) is 39.8 Å². The quantitative estimate of drug-likeness (QED) is 0.375.